The van der Waals surface area contributed by atoms with Crippen molar-refractivity contribution >= 4 is 39.3 Å². The van der Waals surface area contributed by atoms with Crippen LogP contribution in [0.5, 0.6) is 0 Å². The van der Waals surface area contributed by atoms with Gasteiger partial charge < -0.3 is 9.72 Å². The molecule has 98 valence electrons. The molecule has 0 aromatic carbocycles. The maximum atomic E-state index is 5.40. The lowest BCUT2D eigenvalue weighted by Crippen LogP contribution is -2.20. The van der Waals surface area contributed by atoms with Gasteiger partial charge in [0, 0.05) is 17.8 Å². The Morgan fingerprint density at radius 2 is 2.28 bits per heavy atom. The third-order valence-electron chi connectivity index (χ3n) is 2.96. The van der Waals surface area contributed by atoms with E-state index in [0.717, 1.165) is 15.6 Å². The van der Waals surface area contributed by atoms with E-state index in [2.05, 4.69) is 39.7 Å². The normalized spacial score (nSPS) is 13.4. The SMILES string of the molecule is COCC(C(C)C)n1c(=S)[nH]c2cc(Br)cnc21. The van der Waals surface area contributed by atoms with E-state index < -0.39 is 0 Å². The molecule has 2 heterocycles. The molecule has 0 bridgehead atoms. The molecule has 1 N–H and O–H groups in total. The van der Waals surface area contributed by atoms with Crippen molar-refractivity contribution in [2.24, 2.45) is 5.92 Å². The first kappa shape index (κ1) is 13.7. The maximum Gasteiger partial charge on any atom is 0.179 e. The predicted molar refractivity (Wildman–Crippen MR) is 78.4 cm³/mol. The zero-order valence-electron chi connectivity index (χ0n) is 10.6. The molecule has 2 aromatic rings. The van der Waals surface area contributed by atoms with Crippen LogP contribution >= 0.6 is 28.1 Å². The number of methoxy groups -OCH3 is 1. The van der Waals surface area contributed by atoms with Crippen LogP contribution in [0, 0.1) is 10.7 Å². The number of nitrogens with one attached hydrogen (secondary N) is 1. The van der Waals surface area contributed by atoms with Crippen LogP contribution in [0.1, 0.15) is 19.9 Å². The number of fused-ring (bicyclic) bond motifs is 1. The molecule has 2 aromatic heterocycles. The van der Waals surface area contributed by atoms with E-state index in [1.54, 1.807) is 13.3 Å². The topological polar surface area (TPSA) is 42.8 Å². The van der Waals surface area contributed by atoms with Crippen molar-refractivity contribution in [2.45, 2.75) is 19.9 Å². The molecule has 0 aliphatic rings. The van der Waals surface area contributed by atoms with E-state index in [0.29, 0.717) is 17.3 Å². The molecule has 18 heavy (non-hydrogen) atoms. The zero-order chi connectivity index (χ0) is 13.3. The molecule has 0 saturated heterocycles. The number of H-pyrrole nitrogens is 1. The fraction of sp³-hybridized carbons (Fsp3) is 0.500. The number of ether oxygens (including phenoxy) is 1. The van der Waals surface area contributed by atoms with Gasteiger partial charge in [-0.05, 0) is 40.1 Å². The highest BCUT2D eigenvalue weighted by molar-refractivity contribution is 9.10. The molecule has 2 rings (SSSR count). The molecule has 4 nitrogen and oxygen atoms in total. The van der Waals surface area contributed by atoms with E-state index in [1.165, 1.54) is 0 Å². The summed E-state index contributed by atoms with van der Waals surface area (Å²) in [7, 11) is 1.71. The number of rotatable bonds is 4. The van der Waals surface area contributed by atoms with Crippen LogP contribution in [0.3, 0.4) is 0 Å². The minimum Gasteiger partial charge on any atom is -0.383 e. The third-order valence-corrected chi connectivity index (χ3v) is 3.69. The first-order valence-electron chi connectivity index (χ1n) is 5.79. The summed E-state index contributed by atoms with van der Waals surface area (Å²) < 4.78 is 8.97. The molecule has 0 saturated carbocycles. The van der Waals surface area contributed by atoms with Crippen LogP contribution in [-0.2, 0) is 4.74 Å². The van der Waals surface area contributed by atoms with Crippen LogP contribution < -0.4 is 0 Å². The molecule has 1 unspecified atom stereocenters. The number of pyridine rings is 1. The largest absolute Gasteiger partial charge is 0.383 e. The Labute approximate surface area is 120 Å². The molecular formula is C12H16BrN3OS. The Bertz CT molecular complexity index is 605. The van der Waals surface area contributed by atoms with E-state index in [1.807, 2.05) is 10.6 Å². The van der Waals surface area contributed by atoms with Crippen molar-refractivity contribution in [1.29, 1.82) is 0 Å². The number of halogens is 1. The zero-order valence-corrected chi connectivity index (χ0v) is 13.0. The second kappa shape index (κ2) is 5.50. The number of hydrogen-bond acceptors (Lipinski definition) is 3. The van der Waals surface area contributed by atoms with Crippen molar-refractivity contribution < 1.29 is 4.74 Å². The average Bonchev–Trinajstić information content (AvgIpc) is 2.61. The van der Waals surface area contributed by atoms with Gasteiger partial charge in [0.2, 0.25) is 0 Å². The Balaban J connectivity index is 2.61. The monoisotopic (exact) mass is 329 g/mol. The van der Waals surface area contributed by atoms with Gasteiger partial charge in [-0.15, -0.1) is 0 Å². The Morgan fingerprint density at radius 1 is 1.56 bits per heavy atom. The minimum atomic E-state index is 0.185. The molecule has 0 aliphatic carbocycles. The van der Waals surface area contributed by atoms with E-state index >= 15 is 0 Å². The number of hydrogen-bond donors (Lipinski definition) is 1. The highest BCUT2D eigenvalue weighted by Gasteiger charge is 2.19. The summed E-state index contributed by atoms with van der Waals surface area (Å²) in [5, 5.41) is 0. The molecule has 0 fully saturated rings. The predicted octanol–water partition coefficient (Wildman–Crippen LogP) is 3.70. The van der Waals surface area contributed by atoms with Gasteiger partial charge in [-0.1, -0.05) is 13.8 Å². The maximum absolute atomic E-state index is 5.40. The van der Waals surface area contributed by atoms with Gasteiger partial charge >= 0.3 is 0 Å². The van der Waals surface area contributed by atoms with Gasteiger partial charge in [0.05, 0.1) is 18.2 Å². The summed E-state index contributed by atoms with van der Waals surface area (Å²) in [6, 6.07) is 2.17. The van der Waals surface area contributed by atoms with Crippen LogP contribution in [0.25, 0.3) is 11.2 Å². The summed E-state index contributed by atoms with van der Waals surface area (Å²) in [5.74, 6) is 0.418. The smallest absolute Gasteiger partial charge is 0.179 e. The summed E-state index contributed by atoms with van der Waals surface area (Å²) in [6.07, 6.45) is 1.78. The first-order valence-corrected chi connectivity index (χ1v) is 6.99. The quantitative estimate of drug-likeness (QED) is 0.869. The van der Waals surface area contributed by atoms with Crippen molar-refractivity contribution in [2.75, 3.05) is 13.7 Å². The van der Waals surface area contributed by atoms with Crippen LogP contribution in [0.4, 0.5) is 0 Å². The van der Waals surface area contributed by atoms with E-state index in [-0.39, 0.29) is 6.04 Å². The Hall–Kier alpha value is -0.720. The third kappa shape index (κ3) is 2.50. The molecule has 0 amide bonds. The Morgan fingerprint density at radius 3 is 2.89 bits per heavy atom. The highest BCUT2D eigenvalue weighted by atomic mass is 79.9. The minimum absolute atomic E-state index is 0.185. The van der Waals surface area contributed by atoms with Gasteiger partial charge in [-0.2, -0.15) is 0 Å². The summed E-state index contributed by atoms with van der Waals surface area (Å²) in [5.41, 5.74) is 1.81. The van der Waals surface area contributed by atoms with Gasteiger partial charge in [0.25, 0.3) is 0 Å². The van der Waals surface area contributed by atoms with Gasteiger partial charge in [-0.3, -0.25) is 4.57 Å². The fourth-order valence-electron chi connectivity index (χ4n) is 2.03. The lowest BCUT2D eigenvalue weighted by Gasteiger charge is -2.21. The summed E-state index contributed by atoms with van der Waals surface area (Å²) in [6.45, 7) is 4.93. The van der Waals surface area contributed by atoms with E-state index in [9.17, 15) is 0 Å². The van der Waals surface area contributed by atoms with Crippen molar-refractivity contribution in [3.05, 3.63) is 21.5 Å². The highest BCUT2D eigenvalue weighted by Crippen LogP contribution is 2.25. The standard InChI is InChI=1S/C12H16BrN3OS/c1-7(2)10(6-17-3)16-11-9(15-12(16)18)4-8(13)5-14-11/h4-5,7,10H,6H2,1-3H3,(H,15,18). The second-order valence-corrected chi connectivity index (χ2v) is 5.89. The fourth-order valence-corrected chi connectivity index (χ4v) is 2.69. The second-order valence-electron chi connectivity index (χ2n) is 4.59. The lowest BCUT2D eigenvalue weighted by molar-refractivity contribution is 0.134. The van der Waals surface area contributed by atoms with Crippen LogP contribution in [0.15, 0.2) is 16.7 Å². The van der Waals surface area contributed by atoms with Crippen molar-refractivity contribution in [3.63, 3.8) is 0 Å². The molecule has 0 aliphatic heterocycles. The number of imidazole rings is 1. The van der Waals surface area contributed by atoms with Crippen LogP contribution in [-0.4, -0.2) is 28.3 Å². The molecule has 0 radical (unpaired) electrons. The van der Waals surface area contributed by atoms with Gasteiger partial charge in [0.15, 0.2) is 10.4 Å². The molecule has 6 heteroatoms. The van der Waals surface area contributed by atoms with Gasteiger partial charge in [-0.25, -0.2) is 4.98 Å². The first-order chi connectivity index (χ1) is 8.54. The summed E-state index contributed by atoms with van der Waals surface area (Å²) >= 11 is 8.81. The van der Waals surface area contributed by atoms with Crippen molar-refractivity contribution in [1.82, 2.24) is 14.5 Å². The molecular weight excluding hydrogens is 314 g/mol. The van der Waals surface area contributed by atoms with E-state index in [4.69, 9.17) is 17.0 Å². The van der Waals surface area contributed by atoms with Gasteiger partial charge in [0.1, 0.15) is 0 Å². The summed E-state index contributed by atoms with van der Waals surface area (Å²) in [4.78, 5) is 7.64. The molecule has 1 atom stereocenters. The van der Waals surface area contributed by atoms with Crippen LogP contribution in [0.2, 0.25) is 0 Å². The number of nitrogens with zero attached hydrogens (tertiary/aromatic N) is 2. The number of aromatic nitrogens is 3. The molecule has 0 spiro atoms. The number of aromatic amines is 1. The van der Waals surface area contributed by atoms with Crippen molar-refractivity contribution in [3.8, 4) is 0 Å². The average molecular weight is 330 g/mol. The lowest BCUT2D eigenvalue weighted by atomic mass is 10.1. The Kier molecular flexibility index (Phi) is 4.19.